The van der Waals surface area contributed by atoms with Gasteiger partial charge in [0.05, 0.1) is 0 Å². The molecule has 0 spiro atoms. The molecule has 0 N–H and O–H groups in total. The van der Waals surface area contributed by atoms with Crippen molar-refractivity contribution in [3.8, 4) is 34.1 Å². The van der Waals surface area contributed by atoms with Crippen LogP contribution in [-0.2, 0) is 0 Å². The molecule has 0 atom stereocenters. The topological polar surface area (TPSA) is 36.9 Å². The SMILES string of the molecule is [c]1ccc2c(c1-c1ccc3c(c1)OCO3)OCCO2. The fraction of sp³-hybridized carbons (Fsp3) is 0.200. The quantitative estimate of drug-likeness (QED) is 0.785. The lowest BCUT2D eigenvalue weighted by Gasteiger charge is -2.20. The van der Waals surface area contributed by atoms with Crippen molar-refractivity contribution in [3.05, 3.63) is 36.4 Å². The van der Waals surface area contributed by atoms with Gasteiger partial charge in [0.1, 0.15) is 13.2 Å². The highest BCUT2D eigenvalue weighted by Gasteiger charge is 2.19. The zero-order valence-electron chi connectivity index (χ0n) is 10.1. The van der Waals surface area contributed by atoms with Gasteiger partial charge in [0.15, 0.2) is 23.0 Å². The van der Waals surface area contributed by atoms with E-state index in [2.05, 4.69) is 6.07 Å². The van der Waals surface area contributed by atoms with Gasteiger partial charge in [-0.15, -0.1) is 0 Å². The first-order chi connectivity index (χ1) is 9.42. The Bertz CT molecular complexity index is 636. The van der Waals surface area contributed by atoms with Crippen LogP contribution in [0.25, 0.3) is 11.1 Å². The van der Waals surface area contributed by atoms with E-state index in [1.54, 1.807) is 0 Å². The molecule has 0 aliphatic carbocycles. The fourth-order valence-electron chi connectivity index (χ4n) is 2.28. The monoisotopic (exact) mass is 255 g/mol. The molecule has 0 aromatic heterocycles. The van der Waals surface area contributed by atoms with Crippen LogP contribution in [0.3, 0.4) is 0 Å². The molecular weight excluding hydrogens is 244 g/mol. The van der Waals surface area contributed by atoms with Gasteiger partial charge in [-0.05, 0) is 35.9 Å². The molecule has 0 fully saturated rings. The van der Waals surface area contributed by atoms with Crippen LogP contribution in [0.5, 0.6) is 23.0 Å². The average Bonchev–Trinajstić information content (AvgIpc) is 2.94. The Balaban J connectivity index is 1.84. The Kier molecular flexibility index (Phi) is 2.27. The lowest BCUT2D eigenvalue weighted by Crippen LogP contribution is -2.15. The molecule has 95 valence electrons. The van der Waals surface area contributed by atoms with E-state index in [4.69, 9.17) is 18.9 Å². The molecule has 0 amide bonds. The molecule has 0 saturated carbocycles. The molecule has 4 nitrogen and oxygen atoms in total. The van der Waals surface area contributed by atoms with Crippen LogP contribution in [0.1, 0.15) is 0 Å². The van der Waals surface area contributed by atoms with Crippen molar-refractivity contribution < 1.29 is 18.9 Å². The molecule has 4 rings (SSSR count). The Hall–Kier alpha value is -2.36. The highest BCUT2D eigenvalue weighted by molar-refractivity contribution is 5.75. The molecule has 0 unspecified atom stereocenters. The number of fused-ring (bicyclic) bond motifs is 2. The van der Waals surface area contributed by atoms with Gasteiger partial charge in [0, 0.05) is 5.56 Å². The molecule has 2 aromatic rings. The normalized spacial score (nSPS) is 15.4. The van der Waals surface area contributed by atoms with E-state index in [0.717, 1.165) is 34.1 Å². The van der Waals surface area contributed by atoms with Crippen molar-refractivity contribution in [2.75, 3.05) is 20.0 Å². The van der Waals surface area contributed by atoms with Gasteiger partial charge in [-0.25, -0.2) is 0 Å². The summed E-state index contributed by atoms with van der Waals surface area (Å²) in [6.07, 6.45) is 0. The minimum Gasteiger partial charge on any atom is -0.486 e. The lowest BCUT2D eigenvalue weighted by molar-refractivity contribution is 0.172. The fourth-order valence-corrected chi connectivity index (χ4v) is 2.28. The lowest BCUT2D eigenvalue weighted by atomic mass is 10.0. The van der Waals surface area contributed by atoms with Gasteiger partial charge in [0.2, 0.25) is 6.79 Å². The third kappa shape index (κ3) is 1.68. The molecule has 4 heteroatoms. The summed E-state index contributed by atoms with van der Waals surface area (Å²) in [5.41, 5.74) is 1.86. The molecule has 2 aliphatic rings. The van der Waals surface area contributed by atoms with Gasteiger partial charge < -0.3 is 18.9 Å². The van der Waals surface area contributed by atoms with E-state index in [-0.39, 0.29) is 6.79 Å². The summed E-state index contributed by atoms with van der Waals surface area (Å²) >= 11 is 0. The van der Waals surface area contributed by atoms with Crippen LogP contribution in [0.2, 0.25) is 0 Å². The first-order valence-corrected chi connectivity index (χ1v) is 6.12. The first kappa shape index (κ1) is 10.6. The second kappa shape index (κ2) is 4.09. The third-order valence-electron chi connectivity index (χ3n) is 3.16. The summed E-state index contributed by atoms with van der Waals surface area (Å²) in [5.74, 6) is 3.02. The second-order valence-corrected chi connectivity index (χ2v) is 4.31. The van der Waals surface area contributed by atoms with Gasteiger partial charge >= 0.3 is 0 Å². The summed E-state index contributed by atoms with van der Waals surface area (Å²) in [5, 5.41) is 0. The standard InChI is InChI=1S/C15H11O4/c1-2-11(15-13(3-1)16-6-7-17-15)10-4-5-12-14(8-10)19-9-18-12/h1,3-5,8H,6-7,9H2. The van der Waals surface area contributed by atoms with E-state index in [1.807, 2.05) is 30.3 Å². The Morgan fingerprint density at radius 3 is 2.74 bits per heavy atom. The average molecular weight is 255 g/mol. The minimum atomic E-state index is 0.273. The summed E-state index contributed by atoms with van der Waals surface area (Å²) in [4.78, 5) is 0. The van der Waals surface area contributed by atoms with Gasteiger partial charge in [0.25, 0.3) is 0 Å². The first-order valence-electron chi connectivity index (χ1n) is 6.12. The number of rotatable bonds is 1. The summed E-state index contributed by atoms with van der Waals surface area (Å²) in [7, 11) is 0. The molecule has 2 aromatic carbocycles. The molecular formula is C15H11O4. The Morgan fingerprint density at radius 1 is 0.842 bits per heavy atom. The van der Waals surface area contributed by atoms with Gasteiger partial charge in [-0.2, -0.15) is 0 Å². The van der Waals surface area contributed by atoms with Crippen molar-refractivity contribution in [2.24, 2.45) is 0 Å². The molecule has 1 radical (unpaired) electrons. The Morgan fingerprint density at radius 2 is 1.74 bits per heavy atom. The van der Waals surface area contributed by atoms with Crippen LogP contribution in [-0.4, -0.2) is 20.0 Å². The summed E-state index contributed by atoms with van der Waals surface area (Å²) in [6.45, 7) is 1.41. The van der Waals surface area contributed by atoms with Crippen molar-refractivity contribution in [2.45, 2.75) is 0 Å². The van der Waals surface area contributed by atoms with E-state index < -0.39 is 0 Å². The zero-order chi connectivity index (χ0) is 12.7. The predicted octanol–water partition coefficient (Wildman–Crippen LogP) is 2.65. The van der Waals surface area contributed by atoms with Crippen LogP contribution in [0.4, 0.5) is 0 Å². The van der Waals surface area contributed by atoms with E-state index in [9.17, 15) is 0 Å². The highest BCUT2D eigenvalue weighted by Crippen LogP contribution is 2.42. The minimum absolute atomic E-state index is 0.273. The summed E-state index contributed by atoms with van der Waals surface area (Å²) in [6, 6.07) is 12.7. The van der Waals surface area contributed by atoms with Crippen LogP contribution >= 0.6 is 0 Å². The van der Waals surface area contributed by atoms with Gasteiger partial charge in [-0.1, -0.05) is 6.07 Å². The second-order valence-electron chi connectivity index (χ2n) is 4.31. The highest BCUT2D eigenvalue weighted by atomic mass is 16.7. The number of benzene rings is 2. The molecule has 0 bridgehead atoms. The number of ether oxygens (including phenoxy) is 4. The maximum Gasteiger partial charge on any atom is 0.231 e. The summed E-state index contributed by atoms with van der Waals surface area (Å²) < 4.78 is 22.0. The predicted molar refractivity (Wildman–Crippen MR) is 67.8 cm³/mol. The van der Waals surface area contributed by atoms with Crippen LogP contribution < -0.4 is 18.9 Å². The molecule has 2 aliphatic heterocycles. The zero-order valence-corrected chi connectivity index (χ0v) is 10.1. The smallest absolute Gasteiger partial charge is 0.231 e. The molecule has 2 heterocycles. The van der Waals surface area contributed by atoms with Crippen molar-refractivity contribution >= 4 is 0 Å². The van der Waals surface area contributed by atoms with E-state index in [1.165, 1.54) is 0 Å². The third-order valence-corrected chi connectivity index (χ3v) is 3.16. The maximum absolute atomic E-state index is 5.70. The molecule has 19 heavy (non-hydrogen) atoms. The van der Waals surface area contributed by atoms with Crippen LogP contribution in [0, 0.1) is 6.07 Å². The number of hydrogen-bond donors (Lipinski definition) is 0. The van der Waals surface area contributed by atoms with Crippen molar-refractivity contribution in [3.63, 3.8) is 0 Å². The molecule has 0 saturated heterocycles. The maximum atomic E-state index is 5.70. The van der Waals surface area contributed by atoms with E-state index >= 15 is 0 Å². The van der Waals surface area contributed by atoms with Crippen molar-refractivity contribution in [1.82, 2.24) is 0 Å². The van der Waals surface area contributed by atoms with Gasteiger partial charge in [-0.3, -0.25) is 0 Å². The van der Waals surface area contributed by atoms with E-state index in [0.29, 0.717) is 13.2 Å². The van der Waals surface area contributed by atoms with Crippen molar-refractivity contribution in [1.29, 1.82) is 0 Å². The Labute approximate surface area is 110 Å². The number of hydrogen-bond acceptors (Lipinski definition) is 4. The largest absolute Gasteiger partial charge is 0.486 e. The van der Waals surface area contributed by atoms with Crippen LogP contribution in [0.15, 0.2) is 30.3 Å².